The number of methoxy groups -OCH3 is 1. The van der Waals surface area contributed by atoms with Crippen LogP contribution < -0.4 is 20.7 Å². The zero-order valence-electron chi connectivity index (χ0n) is 20.4. The maximum absolute atomic E-state index is 13.6. The van der Waals surface area contributed by atoms with E-state index < -0.39 is 5.92 Å². The van der Waals surface area contributed by atoms with Crippen LogP contribution in [0.1, 0.15) is 18.4 Å². The van der Waals surface area contributed by atoms with Gasteiger partial charge in [0, 0.05) is 17.0 Å². The molecule has 37 heavy (non-hydrogen) atoms. The van der Waals surface area contributed by atoms with Crippen molar-refractivity contribution in [1.29, 1.82) is 5.26 Å². The number of ether oxygens (including phenoxy) is 1. The molecule has 7 nitrogen and oxygen atoms in total. The van der Waals surface area contributed by atoms with Gasteiger partial charge in [0.25, 0.3) is 5.91 Å². The Labute approximate surface area is 220 Å². The molecule has 0 bridgehead atoms. The first-order valence-electron chi connectivity index (χ1n) is 11.6. The first-order chi connectivity index (χ1) is 18.0. The summed E-state index contributed by atoms with van der Waals surface area (Å²) in [7, 11) is 1.54. The molecule has 1 heterocycles. The number of hydrogen-bond acceptors (Lipinski definition) is 6. The van der Waals surface area contributed by atoms with Crippen LogP contribution in [-0.2, 0) is 9.59 Å². The van der Waals surface area contributed by atoms with Crippen LogP contribution in [0.2, 0.25) is 0 Å². The van der Waals surface area contributed by atoms with E-state index >= 15 is 0 Å². The standard InChI is InChI=1S/C29H26N4O3S/c1-19-26(28(35)33-23-15-9-10-16-24(23)36-2)27(20-11-5-3-6-12-20)22(17-30)29(31-19)37-18-25(34)32-21-13-7-4-8-14-21/h3-16,27,31H,18H2,1-2H3,(H,32,34)(H,33,35). The Kier molecular flexibility index (Phi) is 8.29. The molecular formula is C29H26N4O3S. The zero-order valence-corrected chi connectivity index (χ0v) is 21.3. The number of nitrogens with one attached hydrogen (secondary N) is 3. The van der Waals surface area contributed by atoms with Gasteiger partial charge in [-0.2, -0.15) is 5.26 Å². The number of amides is 2. The third-order valence-electron chi connectivity index (χ3n) is 5.79. The van der Waals surface area contributed by atoms with Crippen molar-refractivity contribution >= 4 is 35.0 Å². The third-order valence-corrected chi connectivity index (χ3v) is 6.80. The SMILES string of the molecule is COc1ccccc1NC(=O)C1=C(C)NC(SCC(=O)Nc2ccccc2)=C(C#N)C1c1ccccc1. The van der Waals surface area contributed by atoms with Crippen molar-refractivity contribution in [3.05, 3.63) is 112 Å². The fraction of sp³-hybridized carbons (Fsp3) is 0.138. The Morgan fingerprint density at radius 2 is 1.62 bits per heavy atom. The second-order valence-corrected chi connectivity index (χ2v) is 9.20. The third kappa shape index (κ3) is 6.02. The number of benzene rings is 3. The van der Waals surface area contributed by atoms with Gasteiger partial charge < -0.3 is 20.7 Å². The molecule has 2 amide bonds. The van der Waals surface area contributed by atoms with Gasteiger partial charge in [0.05, 0.1) is 41.1 Å². The number of nitrogens with zero attached hydrogens (tertiary/aromatic N) is 1. The van der Waals surface area contributed by atoms with Gasteiger partial charge in [-0.25, -0.2) is 0 Å². The molecule has 1 aliphatic heterocycles. The molecule has 0 radical (unpaired) electrons. The lowest BCUT2D eigenvalue weighted by molar-refractivity contribution is -0.114. The fourth-order valence-corrected chi connectivity index (χ4v) is 4.99. The lowest BCUT2D eigenvalue weighted by Crippen LogP contribution is -2.31. The van der Waals surface area contributed by atoms with Gasteiger partial charge in [0.15, 0.2) is 0 Å². The Balaban J connectivity index is 1.63. The Bertz CT molecular complexity index is 1400. The van der Waals surface area contributed by atoms with Crippen LogP contribution in [0, 0.1) is 11.3 Å². The lowest BCUT2D eigenvalue weighted by Gasteiger charge is -2.30. The van der Waals surface area contributed by atoms with E-state index in [4.69, 9.17) is 4.74 Å². The van der Waals surface area contributed by atoms with E-state index in [-0.39, 0.29) is 17.6 Å². The summed E-state index contributed by atoms with van der Waals surface area (Å²) >= 11 is 1.23. The van der Waals surface area contributed by atoms with E-state index in [1.54, 1.807) is 26.2 Å². The van der Waals surface area contributed by atoms with E-state index in [2.05, 4.69) is 22.0 Å². The highest BCUT2D eigenvalue weighted by atomic mass is 32.2. The highest BCUT2D eigenvalue weighted by molar-refractivity contribution is 8.03. The highest BCUT2D eigenvalue weighted by Crippen LogP contribution is 2.41. The van der Waals surface area contributed by atoms with Gasteiger partial charge in [-0.3, -0.25) is 9.59 Å². The smallest absolute Gasteiger partial charge is 0.254 e. The van der Waals surface area contributed by atoms with Gasteiger partial charge in [0.1, 0.15) is 5.75 Å². The van der Waals surface area contributed by atoms with Crippen LogP contribution in [0.5, 0.6) is 5.75 Å². The van der Waals surface area contributed by atoms with E-state index in [9.17, 15) is 14.9 Å². The van der Waals surface area contributed by atoms with E-state index in [0.29, 0.717) is 39.0 Å². The second-order valence-electron chi connectivity index (χ2n) is 8.22. The first-order valence-corrected chi connectivity index (χ1v) is 12.6. The van der Waals surface area contributed by atoms with Crippen molar-refractivity contribution in [3.8, 4) is 11.8 Å². The minimum Gasteiger partial charge on any atom is -0.495 e. The average molecular weight is 511 g/mol. The number of dihydropyridines is 1. The van der Waals surface area contributed by atoms with E-state index in [1.807, 2.05) is 72.8 Å². The van der Waals surface area contributed by atoms with Crippen LogP contribution in [0.15, 0.2) is 107 Å². The predicted molar refractivity (Wildman–Crippen MR) is 147 cm³/mol. The lowest BCUT2D eigenvalue weighted by atomic mass is 9.82. The largest absolute Gasteiger partial charge is 0.495 e. The molecule has 0 aliphatic carbocycles. The summed E-state index contributed by atoms with van der Waals surface area (Å²) in [5.41, 5.74) is 3.43. The topological polar surface area (TPSA) is 103 Å². The number of anilines is 2. The summed E-state index contributed by atoms with van der Waals surface area (Å²) in [4.78, 5) is 26.2. The van der Waals surface area contributed by atoms with E-state index in [1.165, 1.54) is 11.8 Å². The van der Waals surface area contributed by atoms with Crippen LogP contribution in [-0.4, -0.2) is 24.7 Å². The summed E-state index contributed by atoms with van der Waals surface area (Å²) in [6.45, 7) is 1.80. The minimum atomic E-state index is -0.609. The van der Waals surface area contributed by atoms with Gasteiger partial charge in [-0.1, -0.05) is 72.4 Å². The van der Waals surface area contributed by atoms with Gasteiger partial charge in [-0.05, 0) is 36.8 Å². The zero-order chi connectivity index (χ0) is 26.2. The van der Waals surface area contributed by atoms with Crippen LogP contribution >= 0.6 is 11.8 Å². The van der Waals surface area contributed by atoms with E-state index in [0.717, 1.165) is 5.56 Å². The summed E-state index contributed by atoms with van der Waals surface area (Å²) in [6, 6.07) is 28.0. The van der Waals surface area contributed by atoms with Crippen LogP contribution in [0.3, 0.4) is 0 Å². The quantitative estimate of drug-likeness (QED) is 0.375. The molecular weight excluding hydrogens is 484 g/mol. The van der Waals surface area contributed by atoms with Crippen molar-refractivity contribution in [2.45, 2.75) is 12.8 Å². The molecule has 0 fully saturated rings. The molecule has 0 saturated heterocycles. The Morgan fingerprint density at radius 1 is 0.973 bits per heavy atom. The van der Waals surface area contributed by atoms with Crippen molar-refractivity contribution in [2.24, 2.45) is 0 Å². The molecule has 1 unspecified atom stereocenters. The molecule has 1 aliphatic rings. The highest BCUT2D eigenvalue weighted by Gasteiger charge is 2.35. The molecule has 0 aromatic heterocycles. The normalized spacial score (nSPS) is 14.9. The number of para-hydroxylation sites is 3. The van der Waals surface area contributed by atoms with Gasteiger partial charge in [-0.15, -0.1) is 0 Å². The Morgan fingerprint density at radius 3 is 2.30 bits per heavy atom. The number of rotatable bonds is 8. The monoisotopic (exact) mass is 510 g/mol. The van der Waals surface area contributed by atoms with Crippen LogP contribution in [0.25, 0.3) is 0 Å². The number of allylic oxidation sites excluding steroid dienone is 2. The molecule has 186 valence electrons. The number of carbonyl (C=O) groups excluding carboxylic acids is 2. The van der Waals surface area contributed by atoms with Gasteiger partial charge >= 0.3 is 0 Å². The summed E-state index contributed by atoms with van der Waals surface area (Å²) in [5.74, 6) is -0.519. The fourth-order valence-electron chi connectivity index (χ4n) is 4.10. The van der Waals surface area contributed by atoms with Crippen molar-refractivity contribution < 1.29 is 14.3 Å². The van der Waals surface area contributed by atoms with Crippen molar-refractivity contribution in [2.75, 3.05) is 23.5 Å². The van der Waals surface area contributed by atoms with Crippen molar-refractivity contribution in [3.63, 3.8) is 0 Å². The number of nitriles is 1. The molecule has 0 spiro atoms. The maximum Gasteiger partial charge on any atom is 0.254 e. The molecule has 3 N–H and O–H groups in total. The minimum absolute atomic E-state index is 0.0972. The summed E-state index contributed by atoms with van der Waals surface area (Å²) in [6.07, 6.45) is 0. The molecule has 4 rings (SSSR count). The predicted octanol–water partition coefficient (Wildman–Crippen LogP) is 5.40. The molecule has 3 aromatic carbocycles. The number of thioether (sulfide) groups is 1. The molecule has 8 heteroatoms. The molecule has 3 aromatic rings. The summed E-state index contributed by atoms with van der Waals surface area (Å²) in [5, 5.41) is 19.8. The van der Waals surface area contributed by atoms with Crippen LogP contribution in [0.4, 0.5) is 11.4 Å². The molecule has 0 saturated carbocycles. The molecule has 1 atom stereocenters. The van der Waals surface area contributed by atoms with Gasteiger partial charge in [0.2, 0.25) is 5.91 Å². The summed E-state index contributed by atoms with van der Waals surface area (Å²) < 4.78 is 5.38. The Hall–Kier alpha value is -4.48. The number of hydrogen-bond donors (Lipinski definition) is 3. The number of carbonyl (C=O) groups is 2. The first kappa shape index (κ1) is 25.6. The maximum atomic E-state index is 13.6. The second kappa shape index (κ2) is 12.0. The van der Waals surface area contributed by atoms with Crippen molar-refractivity contribution in [1.82, 2.24) is 5.32 Å². The average Bonchev–Trinajstić information content (AvgIpc) is 2.92.